The van der Waals surface area contributed by atoms with Crippen molar-refractivity contribution < 1.29 is 23.8 Å². The highest BCUT2D eigenvalue weighted by atomic mass is 32.1. The second-order valence-corrected chi connectivity index (χ2v) is 7.01. The summed E-state index contributed by atoms with van der Waals surface area (Å²) < 4.78 is 16.3. The number of carbonyl (C=O) groups is 2. The van der Waals surface area contributed by atoms with E-state index in [1.54, 1.807) is 48.5 Å². The van der Waals surface area contributed by atoms with Crippen molar-refractivity contribution in [1.29, 1.82) is 0 Å². The molecular weight excluding hydrogens is 442 g/mol. The van der Waals surface area contributed by atoms with Crippen LogP contribution in [0.5, 0.6) is 17.2 Å². The Hall–Kier alpha value is -4.11. The second kappa shape index (κ2) is 12.1. The number of amides is 2. The molecule has 3 N–H and O–H groups in total. The third-order valence-electron chi connectivity index (χ3n) is 4.35. The predicted molar refractivity (Wildman–Crippen MR) is 128 cm³/mol. The largest absolute Gasteiger partial charge is 0.496 e. The van der Waals surface area contributed by atoms with Crippen LogP contribution in [0.2, 0.25) is 0 Å². The quantitative estimate of drug-likeness (QED) is 0.267. The Morgan fingerprint density at radius 3 is 2.03 bits per heavy atom. The van der Waals surface area contributed by atoms with Gasteiger partial charge in [-0.05, 0) is 60.7 Å². The first-order chi connectivity index (χ1) is 16.1. The molecule has 0 bridgehead atoms. The van der Waals surface area contributed by atoms with E-state index in [2.05, 4.69) is 16.2 Å². The van der Waals surface area contributed by atoms with Crippen molar-refractivity contribution in [2.24, 2.45) is 0 Å². The average molecular weight is 466 g/mol. The molecule has 0 aliphatic carbocycles. The summed E-state index contributed by atoms with van der Waals surface area (Å²) in [4.78, 5) is 24.6. The highest BCUT2D eigenvalue weighted by Crippen LogP contribution is 2.16. The third kappa shape index (κ3) is 7.22. The molecule has 0 aliphatic heterocycles. The van der Waals surface area contributed by atoms with Crippen LogP contribution in [0.4, 0.5) is 0 Å². The van der Waals surface area contributed by atoms with Gasteiger partial charge in [0.2, 0.25) is 0 Å². The van der Waals surface area contributed by atoms with E-state index in [1.807, 2.05) is 30.3 Å². The minimum absolute atomic E-state index is 0.0540. The van der Waals surface area contributed by atoms with E-state index >= 15 is 0 Å². The third-order valence-corrected chi connectivity index (χ3v) is 4.55. The summed E-state index contributed by atoms with van der Waals surface area (Å²) in [5.74, 6) is 0.908. The molecule has 9 heteroatoms. The van der Waals surface area contributed by atoms with Gasteiger partial charge in [-0.1, -0.05) is 30.3 Å². The van der Waals surface area contributed by atoms with Gasteiger partial charge in [0.05, 0.1) is 12.7 Å². The molecular formula is C24H23N3O5S. The fourth-order valence-electron chi connectivity index (χ4n) is 2.76. The summed E-state index contributed by atoms with van der Waals surface area (Å²) in [5.41, 5.74) is 5.62. The van der Waals surface area contributed by atoms with Crippen LogP contribution in [-0.4, -0.2) is 37.3 Å². The molecule has 0 saturated carbocycles. The molecule has 0 fully saturated rings. The van der Waals surface area contributed by atoms with E-state index in [1.165, 1.54) is 7.11 Å². The number of thiocarbonyl (C=S) groups is 1. The molecule has 0 aromatic heterocycles. The number of ether oxygens (including phenoxy) is 3. The second-order valence-electron chi connectivity index (χ2n) is 6.60. The SMILES string of the molecule is COc1ccccc1C(=O)NNC(=S)NC(=O)c1ccc(OCCOc2ccccc2)cc1. The van der Waals surface area contributed by atoms with Gasteiger partial charge in [0, 0.05) is 5.56 Å². The molecule has 0 spiro atoms. The molecule has 170 valence electrons. The Kier molecular flexibility index (Phi) is 8.61. The fourth-order valence-corrected chi connectivity index (χ4v) is 2.90. The van der Waals surface area contributed by atoms with Crippen LogP contribution >= 0.6 is 12.2 Å². The van der Waals surface area contributed by atoms with Crippen LogP contribution in [0.1, 0.15) is 20.7 Å². The number of carbonyl (C=O) groups excluding carboxylic acids is 2. The first kappa shape index (κ1) is 23.6. The van der Waals surface area contributed by atoms with Gasteiger partial charge in [0.1, 0.15) is 30.5 Å². The molecule has 3 rings (SSSR count). The van der Waals surface area contributed by atoms with Crippen molar-refractivity contribution in [2.45, 2.75) is 0 Å². The fraction of sp³-hybridized carbons (Fsp3) is 0.125. The van der Waals surface area contributed by atoms with Gasteiger partial charge < -0.3 is 14.2 Å². The van der Waals surface area contributed by atoms with Gasteiger partial charge in [0.25, 0.3) is 11.8 Å². The van der Waals surface area contributed by atoms with E-state index in [9.17, 15) is 9.59 Å². The number of rotatable bonds is 8. The summed E-state index contributed by atoms with van der Waals surface area (Å²) in [6, 6.07) is 22.8. The van der Waals surface area contributed by atoms with Crippen LogP contribution in [-0.2, 0) is 0 Å². The van der Waals surface area contributed by atoms with Gasteiger partial charge >= 0.3 is 0 Å². The number of hydrogen-bond donors (Lipinski definition) is 3. The molecule has 33 heavy (non-hydrogen) atoms. The van der Waals surface area contributed by atoms with Crippen molar-refractivity contribution in [1.82, 2.24) is 16.2 Å². The molecule has 0 unspecified atom stereocenters. The van der Waals surface area contributed by atoms with Crippen molar-refractivity contribution in [2.75, 3.05) is 20.3 Å². The predicted octanol–water partition coefficient (Wildman–Crippen LogP) is 3.10. The van der Waals surface area contributed by atoms with Gasteiger partial charge in [-0.2, -0.15) is 0 Å². The lowest BCUT2D eigenvalue weighted by molar-refractivity contribution is 0.0932. The topological polar surface area (TPSA) is 97.9 Å². The van der Waals surface area contributed by atoms with E-state index in [0.29, 0.717) is 35.8 Å². The van der Waals surface area contributed by atoms with E-state index < -0.39 is 11.8 Å². The number of para-hydroxylation sites is 2. The van der Waals surface area contributed by atoms with Gasteiger partial charge in [-0.25, -0.2) is 0 Å². The summed E-state index contributed by atoms with van der Waals surface area (Å²) in [7, 11) is 1.47. The van der Waals surface area contributed by atoms with Crippen LogP contribution < -0.4 is 30.4 Å². The Bertz CT molecular complexity index is 1090. The first-order valence-corrected chi connectivity index (χ1v) is 10.4. The van der Waals surface area contributed by atoms with Gasteiger partial charge in [0.15, 0.2) is 5.11 Å². The number of methoxy groups -OCH3 is 1. The zero-order chi connectivity index (χ0) is 23.5. The van der Waals surface area contributed by atoms with Gasteiger partial charge in [-0.15, -0.1) is 0 Å². The maximum Gasteiger partial charge on any atom is 0.273 e. The van der Waals surface area contributed by atoms with E-state index in [4.69, 9.17) is 26.4 Å². The van der Waals surface area contributed by atoms with Crippen molar-refractivity contribution in [3.8, 4) is 17.2 Å². The standard InChI is InChI=1S/C24H23N3O5S/c1-30-21-10-6-5-9-20(21)23(29)26-27-24(33)25-22(28)17-11-13-19(14-12-17)32-16-15-31-18-7-3-2-4-8-18/h2-14H,15-16H2,1H3,(H,26,29)(H2,25,27,28,33). The molecule has 2 amide bonds. The monoisotopic (exact) mass is 465 g/mol. The zero-order valence-electron chi connectivity index (χ0n) is 17.9. The highest BCUT2D eigenvalue weighted by molar-refractivity contribution is 7.80. The summed E-state index contributed by atoms with van der Waals surface area (Å²) in [6.45, 7) is 0.757. The summed E-state index contributed by atoms with van der Waals surface area (Å²) >= 11 is 5.07. The maximum absolute atomic E-state index is 12.4. The summed E-state index contributed by atoms with van der Waals surface area (Å²) in [5, 5.41) is 2.44. The smallest absolute Gasteiger partial charge is 0.273 e. The van der Waals surface area contributed by atoms with Crippen molar-refractivity contribution >= 4 is 29.1 Å². The van der Waals surface area contributed by atoms with Crippen LogP contribution in [0.3, 0.4) is 0 Å². The Balaban J connectivity index is 1.41. The molecule has 0 radical (unpaired) electrons. The zero-order valence-corrected chi connectivity index (χ0v) is 18.7. The van der Waals surface area contributed by atoms with Crippen molar-refractivity contribution in [3.05, 3.63) is 90.0 Å². The number of benzene rings is 3. The molecule has 0 atom stereocenters. The maximum atomic E-state index is 12.4. The molecule has 0 heterocycles. The van der Waals surface area contributed by atoms with E-state index in [-0.39, 0.29) is 5.11 Å². The number of hydrazine groups is 1. The lowest BCUT2D eigenvalue weighted by Crippen LogP contribution is -2.48. The summed E-state index contributed by atoms with van der Waals surface area (Å²) in [6.07, 6.45) is 0. The normalized spacial score (nSPS) is 9.97. The number of nitrogens with one attached hydrogen (secondary N) is 3. The van der Waals surface area contributed by atoms with Gasteiger partial charge in [-0.3, -0.25) is 25.8 Å². The Morgan fingerprint density at radius 2 is 1.36 bits per heavy atom. The van der Waals surface area contributed by atoms with Crippen molar-refractivity contribution in [3.63, 3.8) is 0 Å². The molecule has 0 aliphatic rings. The molecule has 0 saturated heterocycles. The van der Waals surface area contributed by atoms with Crippen LogP contribution in [0.15, 0.2) is 78.9 Å². The van der Waals surface area contributed by atoms with Crippen LogP contribution in [0.25, 0.3) is 0 Å². The minimum atomic E-state index is -0.457. The number of hydrogen-bond acceptors (Lipinski definition) is 6. The Morgan fingerprint density at radius 1 is 0.758 bits per heavy atom. The average Bonchev–Trinajstić information content (AvgIpc) is 2.86. The minimum Gasteiger partial charge on any atom is -0.496 e. The Labute approximate surface area is 196 Å². The lowest BCUT2D eigenvalue weighted by Gasteiger charge is -2.12. The molecule has 3 aromatic carbocycles. The lowest BCUT2D eigenvalue weighted by atomic mass is 10.2. The van der Waals surface area contributed by atoms with E-state index in [0.717, 1.165) is 5.75 Å². The molecule has 8 nitrogen and oxygen atoms in total. The highest BCUT2D eigenvalue weighted by Gasteiger charge is 2.13. The molecule has 3 aromatic rings. The van der Waals surface area contributed by atoms with Crippen LogP contribution in [0, 0.1) is 0 Å². The first-order valence-electron chi connectivity index (χ1n) is 10.0.